The first-order chi connectivity index (χ1) is 8.40. The molecule has 3 heteroatoms. The Morgan fingerprint density at radius 3 is 2.82 bits per heavy atom. The summed E-state index contributed by atoms with van der Waals surface area (Å²) < 4.78 is 11.0. The second kappa shape index (κ2) is 6.09. The molecule has 0 bridgehead atoms. The SMILES string of the molecule is O=[C]CC/C=C/Cc1ccc2c(c1)OCCO2. The minimum absolute atomic E-state index is 0.470. The van der Waals surface area contributed by atoms with Gasteiger partial charge < -0.3 is 9.47 Å². The monoisotopic (exact) mass is 231 g/mol. The summed E-state index contributed by atoms with van der Waals surface area (Å²) in [5.74, 6) is 1.64. The molecule has 0 amide bonds. The van der Waals surface area contributed by atoms with Gasteiger partial charge in [-0.3, -0.25) is 4.79 Å². The van der Waals surface area contributed by atoms with E-state index in [1.807, 2.05) is 30.6 Å². The van der Waals surface area contributed by atoms with Gasteiger partial charge in [0, 0.05) is 6.42 Å². The summed E-state index contributed by atoms with van der Waals surface area (Å²) in [6.45, 7) is 1.23. The van der Waals surface area contributed by atoms with Crippen LogP contribution in [0, 0.1) is 0 Å². The molecule has 0 fully saturated rings. The number of ether oxygens (including phenoxy) is 2. The molecule has 1 heterocycles. The molecule has 0 N–H and O–H groups in total. The van der Waals surface area contributed by atoms with Crippen molar-refractivity contribution >= 4 is 6.29 Å². The van der Waals surface area contributed by atoms with E-state index in [2.05, 4.69) is 6.08 Å². The van der Waals surface area contributed by atoms with Crippen molar-refractivity contribution in [3.8, 4) is 11.5 Å². The molecule has 0 aromatic heterocycles. The van der Waals surface area contributed by atoms with Crippen molar-refractivity contribution < 1.29 is 14.3 Å². The van der Waals surface area contributed by atoms with E-state index in [1.54, 1.807) is 0 Å². The first-order valence-electron chi connectivity index (χ1n) is 5.78. The molecule has 17 heavy (non-hydrogen) atoms. The zero-order valence-corrected chi connectivity index (χ0v) is 9.65. The average molecular weight is 231 g/mol. The van der Waals surface area contributed by atoms with Gasteiger partial charge >= 0.3 is 0 Å². The van der Waals surface area contributed by atoms with E-state index < -0.39 is 0 Å². The maximum Gasteiger partial charge on any atom is 0.198 e. The largest absolute Gasteiger partial charge is 0.486 e. The van der Waals surface area contributed by atoms with Gasteiger partial charge in [-0.15, -0.1) is 0 Å². The maximum absolute atomic E-state index is 10.0. The molecule has 1 aromatic rings. The van der Waals surface area contributed by atoms with Crippen LogP contribution < -0.4 is 9.47 Å². The second-order valence-corrected chi connectivity index (χ2v) is 3.84. The van der Waals surface area contributed by atoms with Crippen LogP contribution in [0.1, 0.15) is 18.4 Å². The van der Waals surface area contributed by atoms with Crippen molar-refractivity contribution in [3.05, 3.63) is 35.9 Å². The lowest BCUT2D eigenvalue weighted by molar-refractivity contribution is 0.171. The highest BCUT2D eigenvalue weighted by Crippen LogP contribution is 2.30. The van der Waals surface area contributed by atoms with Crippen LogP contribution in [-0.2, 0) is 11.2 Å². The molecular formula is C14H15O3. The first kappa shape index (κ1) is 11.7. The zero-order chi connectivity index (χ0) is 11.9. The van der Waals surface area contributed by atoms with Gasteiger partial charge in [0.2, 0.25) is 0 Å². The lowest BCUT2D eigenvalue weighted by Crippen LogP contribution is -2.15. The Morgan fingerprint density at radius 2 is 2.00 bits per heavy atom. The van der Waals surface area contributed by atoms with Gasteiger partial charge in [0.15, 0.2) is 17.8 Å². The van der Waals surface area contributed by atoms with Crippen LogP contribution in [-0.4, -0.2) is 19.5 Å². The average Bonchev–Trinajstić information content (AvgIpc) is 2.38. The number of allylic oxidation sites excluding steroid dienone is 2. The predicted molar refractivity (Wildman–Crippen MR) is 65.2 cm³/mol. The Morgan fingerprint density at radius 1 is 1.18 bits per heavy atom. The molecule has 3 nitrogen and oxygen atoms in total. The molecule has 2 rings (SSSR count). The standard InChI is InChI=1S/C14H15O3/c15-8-4-2-1-3-5-12-6-7-13-14(11-12)17-10-9-16-13/h1,3,6-7,11H,2,4-5,9-10H2/b3-1+. The Balaban J connectivity index is 1.93. The third-order valence-electron chi connectivity index (χ3n) is 2.54. The van der Waals surface area contributed by atoms with E-state index >= 15 is 0 Å². The fraction of sp³-hybridized carbons (Fsp3) is 0.357. The number of rotatable bonds is 5. The summed E-state index contributed by atoms with van der Waals surface area (Å²) in [6.07, 6.45) is 8.00. The molecule has 1 aliphatic rings. The summed E-state index contributed by atoms with van der Waals surface area (Å²) >= 11 is 0. The highest BCUT2D eigenvalue weighted by atomic mass is 16.6. The topological polar surface area (TPSA) is 35.5 Å². The normalized spacial score (nSPS) is 13.9. The number of carbonyl (C=O) groups excluding carboxylic acids is 1. The van der Waals surface area contributed by atoms with E-state index in [1.165, 1.54) is 5.56 Å². The van der Waals surface area contributed by atoms with Crippen LogP contribution >= 0.6 is 0 Å². The van der Waals surface area contributed by atoms with Gasteiger partial charge in [-0.25, -0.2) is 0 Å². The smallest absolute Gasteiger partial charge is 0.198 e. The summed E-state index contributed by atoms with van der Waals surface area (Å²) in [5, 5.41) is 0. The highest BCUT2D eigenvalue weighted by Gasteiger charge is 2.10. The van der Waals surface area contributed by atoms with Gasteiger partial charge in [0.1, 0.15) is 13.2 Å². The number of hydrogen-bond donors (Lipinski definition) is 0. The minimum atomic E-state index is 0.470. The molecule has 89 valence electrons. The zero-order valence-electron chi connectivity index (χ0n) is 9.65. The van der Waals surface area contributed by atoms with Crippen LogP contribution in [0.5, 0.6) is 11.5 Å². The summed E-state index contributed by atoms with van der Waals surface area (Å²) in [6, 6.07) is 5.98. The van der Waals surface area contributed by atoms with E-state index in [-0.39, 0.29) is 0 Å². The fourth-order valence-electron chi connectivity index (χ4n) is 1.69. The van der Waals surface area contributed by atoms with Gasteiger partial charge in [-0.2, -0.15) is 0 Å². The Bertz CT molecular complexity index is 410. The maximum atomic E-state index is 10.0. The van der Waals surface area contributed by atoms with E-state index in [0.717, 1.165) is 24.3 Å². The third-order valence-corrected chi connectivity index (χ3v) is 2.54. The van der Waals surface area contributed by atoms with E-state index in [0.29, 0.717) is 19.6 Å². The van der Waals surface area contributed by atoms with Crippen molar-refractivity contribution in [2.45, 2.75) is 19.3 Å². The Labute approximate surface area is 101 Å². The molecule has 0 atom stereocenters. The molecule has 1 aromatic carbocycles. The summed E-state index contributed by atoms with van der Waals surface area (Å²) in [5.41, 5.74) is 1.18. The van der Waals surface area contributed by atoms with Crippen LogP contribution in [0.15, 0.2) is 30.4 Å². The van der Waals surface area contributed by atoms with Gasteiger partial charge in [0.05, 0.1) is 0 Å². The van der Waals surface area contributed by atoms with Crippen LogP contribution in [0.25, 0.3) is 0 Å². The van der Waals surface area contributed by atoms with Crippen molar-refractivity contribution in [2.75, 3.05) is 13.2 Å². The van der Waals surface area contributed by atoms with Crippen molar-refractivity contribution in [3.63, 3.8) is 0 Å². The molecule has 0 saturated carbocycles. The van der Waals surface area contributed by atoms with E-state index in [9.17, 15) is 4.79 Å². The Kier molecular flexibility index (Phi) is 4.19. The molecule has 0 spiro atoms. The highest BCUT2D eigenvalue weighted by molar-refractivity contribution is 5.50. The molecule has 0 aliphatic carbocycles. The molecule has 0 unspecified atom stereocenters. The second-order valence-electron chi connectivity index (χ2n) is 3.84. The molecule has 0 saturated heterocycles. The lowest BCUT2D eigenvalue weighted by atomic mass is 10.1. The summed E-state index contributed by atoms with van der Waals surface area (Å²) in [4.78, 5) is 10.0. The van der Waals surface area contributed by atoms with Gasteiger partial charge in [0.25, 0.3) is 0 Å². The van der Waals surface area contributed by atoms with Gasteiger partial charge in [-0.05, 0) is 30.5 Å². The number of hydrogen-bond acceptors (Lipinski definition) is 3. The number of unbranched alkanes of at least 4 members (excludes halogenated alkanes) is 1. The third kappa shape index (κ3) is 3.34. The van der Waals surface area contributed by atoms with Crippen molar-refractivity contribution in [1.29, 1.82) is 0 Å². The van der Waals surface area contributed by atoms with Crippen molar-refractivity contribution in [2.24, 2.45) is 0 Å². The molecular weight excluding hydrogens is 216 g/mol. The fourth-order valence-corrected chi connectivity index (χ4v) is 1.69. The van der Waals surface area contributed by atoms with Crippen LogP contribution in [0.3, 0.4) is 0 Å². The molecule has 1 aliphatic heterocycles. The van der Waals surface area contributed by atoms with E-state index in [4.69, 9.17) is 9.47 Å². The van der Waals surface area contributed by atoms with Gasteiger partial charge in [-0.1, -0.05) is 18.2 Å². The minimum Gasteiger partial charge on any atom is -0.486 e. The van der Waals surface area contributed by atoms with Crippen molar-refractivity contribution in [1.82, 2.24) is 0 Å². The predicted octanol–water partition coefficient (Wildman–Crippen LogP) is 2.45. The summed E-state index contributed by atoms with van der Waals surface area (Å²) in [7, 11) is 0. The molecule has 1 radical (unpaired) electrons. The van der Waals surface area contributed by atoms with Crippen LogP contribution in [0.2, 0.25) is 0 Å². The lowest BCUT2D eigenvalue weighted by Gasteiger charge is -2.18. The Hall–Kier alpha value is -1.77. The number of benzene rings is 1. The number of fused-ring (bicyclic) bond motifs is 1. The quantitative estimate of drug-likeness (QED) is 0.576. The van der Waals surface area contributed by atoms with Crippen LogP contribution in [0.4, 0.5) is 0 Å². The first-order valence-corrected chi connectivity index (χ1v) is 5.78.